The van der Waals surface area contributed by atoms with Crippen LogP contribution in [0.25, 0.3) is 0 Å². The first kappa shape index (κ1) is 24.7. The third-order valence-electron chi connectivity index (χ3n) is 5.41. The highest BCUT2D eigenvalue weighted by Gasteiger charge is 2.39. The van der Waals surface area contributed by atoms with Gasteiger partial charge in [0, 0.05) is 39.5 Å². The van der Waals surface area contributed by atoms with Gasteiger partial charge in [-0.3, -0.25) is 0 Å². The van der Waals surface area contributed by atoms with Crippen LogP contribution in [-0.2, 0) is 14.2 Å². The summed E-state index contributed by atoms with van der Waals surface area (Å²) >= 11 is 0. The number of unbranched alkanes of at least 4 members (excludes halogenated alkanes) is 5. The summed E-state index contributed by atoms with van der Waals surface area (Å²) in [7, 11) is 6.67. The summed E-state index contributed by atoms with van der Waals surface area (Å²) in [5.41, 5.74) is 1.10. The van der Waals surface area contributed by atoms with Crippen molar-refractivity contribution in [1.29, 1.82) is 0 Å². The number of rotatable bonds is 17. The molecule has 1 unspecified atom stereocenters. The van der Waals surface area contributed by atoms with Crippen LogP contribution in [0.2, 0.25) is 0 Å². The van der Waals surface area contributed by atoms with Gasteiger partial charge in [-0.1, -0.05) is 45.4 Å². The Morgan fingerprint density at radius 3 is 1.93 bits per heavy atom. The Morgan fingerprint density at radius 1 is 0.786 bits per heavy atom. The number of nitrogens with one attached hydrogen (secondary N) is 1. The molecule has 1 rings (SSSR count). The van der Waals surface area contributed by atoms with Gasteiger partial charge in [0.25, 0.3) is 5.97 Å². The molecule has 0 amide bonds. The highest BCUT2D eigenvalue weighted by atomic mass is 16.9. The minimum Gasteiger partial charge on any atom is -0.497 e. The van der Waals surface area contributed by atoms with E-state index in [0.29, 0.717) is 0 Å². The van der Waals surface area contributed by atoms with Crippen LogP contribution in [0, 0.1) is 5.92 Å². The quantitative estimate of drug-likeness (QED) is 0.265. The molecular weight excluding hydrogens is 354 g/mol. The van der Waals surface area contributed by atoms with E-state index in [1.807, 2.05) is 24.3 Å². The number of hydrogen-bond acceptors (Lipinski definition) is 5. The van der Waals surface area contributed by atoms with Crippen LogP contribution in [0.1, 0.15) is 64.7 Å². The first-order chi connectivity index (χ1) is 13.7. The van der Waals surface area contributed by atoms with E-state index in [-0.39, 0.29) is 5.92 Å². The van der Waals surface area contributed by atoms with Gasteiger partial charge in [0.05, 0.1) is 7.11 Å². The van der Waals surface area contributed by atoms with Crippen molar-refractivity contribution in [2.75, 3.05) is 40.3 Å². The van der Waals surface area contributed by atoms with Crippen LogP contribution in [0.5, 0.6) is 5.75 Å². The predicted octanol–water partition coefficient (Wildman–Crippen LogP) is 5.85. The average molecular weight is 396 g/mol. The molecule has 162 valence electrons. The van der Waals surface area contributed by atoms with Crippen molar-refractivity contribution in [2.45, 2.75) is 70.7 Å². The molecule has 5 heteroatoms. The van der Waals surface area contributed by atoms with Gasteiger partial charge >= 0.3 is 0 Å². The van der Waals surface area contributed by atoms with E-state index in [1.54, 1.807) is 28.4 Å². The molecule has 1 aromatic rings. The molecule has 0 saturated heterocycles. The molecular formula is C23H41NO4. The fourth-order valence-corrected chi connectivity index (χ4v) is 3.71. The van der Waals surface area contributed by atoms with Gasteiger partial charge in [-0.25, -0.2) is 0 Å². The number of hydrogen-bond donors (Lipinski definition) is 1. The summed E-state index contributed by atoms with van der Waals surface area (Å²) in [5, 5.41) is 3.47. The van der Waals surface area contributed by atoms with E-state index in [2.05, 4.69) is 12.2 Å². The molecule has 0 aliphatic carbocycles. The van der Waals surface area contributed by atoms with Crippen molar-refractivity contribution >= 4 is 5.69 Å². The minimum absolute atomic E-state index is 0.205. The van der Waals surface area contributed by atoms with Gasteiger partial charge in [0.2, 0.25) is 0 Å². The molecule has 0 spiro atoms. The fraction of sp³-hybridized carbons (Fsp3) is 0.739. The lowest BCUT2D eigenvalue weighted by Crippen LogP contribution is -2.44. The number of anilines is 1. The SMILES string of the molecule is CCCCCCCCC(CCCNc1ccc(OC)cc1)C(OC)(OC)OC. The number of methoxy groups -OCH3 is 4. The van der Waals surface area contributed by atoms with Crippen LogP contribution < -0.4 is 10.1 Å². The summed E-state index contributed by atoms with van der Waals surface area (Å²) in [6.07, 6.45) is 10.7. The Balaban J connectivity index is 2.48. The van der Waals surface area contributed by atoms with Crippen molar-refractivity contribution in [1.82, 2.24) is 0 Å². The Bertz CT molecular complexity index is 480. The lowest BCUT2D eigenvalue weighted by molar-refractivity contribution is -0.380. The molecule has 0 aliphatic heterocycles. The molecule has 0 radical (unpaired) electrons. The van der Waals surface area contributed by atoms with Crippen molar-refractivity contribution in [2.24, 2.45) is 5.92 Å². The van der Waals surface area contributed by atoms with Gasteiger partial charge in [-0.2, -0.15) is 0 Å². The Labute approximate surface area is 172 Å². The predicted molar refractivity (Wildman–Crippen MR) is 116 cm³/mol. The molecule has 0 fully saturated rings. The molecule has 1 aromatic carbocycles. The lowest BCUT2D eigenvalue weighted by Gasteiger charge is -2.36. The van der Waals surface area contributed by atoms with E-state index in [9.17, 15) is 0 Å². The van der Waals surface area contributed by atoms with Gasteiger partial charge < -0.3 is 24.3 Å². The molecule has 0 bridgehead atoms. The smallest absolute Gasteiger partial charge is 0.285 e. The Hall–Kier alpha value is -1.30. The second-order valence-electron chi connectivity index (χ2n) is 7.27. The molecule has 0 heterocycles. The van der Waals surface area contributed by atoms with Crippen LogP contribution in [0.3, 0.4) is 0 Å². The number of benzene rings is 1. The third kappa shape index (κ3) is 8.38. The van der Waals surface area contributed by atoms with E-state index >= 15 is 0 Å². The first-order valence-corrected chi connectivity index (χ1v) is 10.7. The van der Waals surface area contributed by atoms with Gasteiger partial charge in [0.1, 0.15) is 5.75 Å². The van der Waals surface area contributed by atoms with E-state index in [4.69, 9.17) is 18.9 Å². The third-order valence-corrected chi connectivity index (χ3v) is 5.41. The van der Waals surface area contributed by atoms with Crippen molar-refractivity contribution in [3.8, 4) is 5.75 Å². The summed E-state index contributed by atoms with van der Waals surface area (Å²) in [4.78, 5) is 0. The van der Waals surface area contributed by atoms with Crippen molar-refractivity contribution in [3.63, 3.8) is 0 Å². The largest absolute Gasteiger partial charge is 0.497 e. The molecule has 1 N–H and O–H groups in total. The van der Waals surface area contributed by atoms with E-state index in [0.717, 1.165) is 37.2 Å². The molecule has 0 aromatic heterocycles. The maximum atomic E-state index is 5.66. The molecule has 0 saturated carbocycles. The standard InChI is InChI=1S/C23H41NO4/c1-6-7-8-9-10-11-13-20(23(26-3,27-4)28-5)14-12-19-24-21-15-17-22(25-2)18-16-21/h15-18,20,24H,6-14,19H2,1-5H3. The van der Waals surface area contributed by atoms with Gasteiger partial charge in [-0.15, -0.1) is 0 Å². The summed E-state index contributed by atoms with van der Waals surface area (Å²) < 4.78 is 22.2. The van der Waals surface area contributed by atoms with Crippen molar-refractivity contribution < 1.29 is 18.9 Å². The van der Waals surface area contributed by atoms with Crippen LogP contribution in [-0.4, -0.2) is 41.0 Å². The highest BCUT2D eigenvalue weighted by molar-refractivity contribution is 5.46. The maximum Gasteiger partial charge on any atom is 0.285 e. The second kappa shape index (κ2) is 14.7. The van der Waals surface area contributed by atoms with Crippen LogP contribution in [0.4, 0.5) is 5.69 Å². The summed E-state index contributed by atoms with van der Waals surface area (Å²) in [5.74, 6) is 0.120. The maximum absolute atomic E-state index is 5.66. The Kier molecular flexibility index (Phi) is 13.0. The average Bonchev–Trinajstić information content (AvgIpc) is 2.74. The van der Waals surface area contributed by atoms with Gasteiger partial charge in [-0.05, 0) is 43.5 Å². The first-order valence-electron chi connectivity index (χ1n) is 10.7. The summed E-state index contributed by atoms with van der Waals surface area (Å²) in [6.45, 7) is 3.15. The fourth-order valence-electron chi connectivity index (χ4n) is 3.71. The van der Waals surface area contributed by atoms with Crippen molar-refractivity contribution in [3.05, 3.63) is 24.3 Å². The minimum atomic E-state index is -0.955. The topological polar surface area (TPSA) is 49.0 Å². The lowest BCUT2D eigenvalue weighted by atomic mass is 9.93. The highest BCUT2D eigenvalue weighted by Crippen LogP contribution is 2.32. The number of ether oxygens (including phenoxy) is 4. The zero-order chi connectivity index (χ0) is 20.7. The van der Waals surface area contributed by atoms with Crippen LogP contribution in [0.15, 0.2) is 24.3 Å². The second-order valence-corrected chi connectivity index (χ2v) is 7.27. The van der Waals surface area contributed by atoms with Crippen LogP contribution >= 0.6 is 0 Å². The molecule has 28 heavy (non-hydrogen) atoms. The zero-order valence-corrected chi connectivity index (χ0v) is 18.6. The summed E-state index contributed by atoms with van der Waals surface area (Å²) in [6, 6.07) is 8.01. The van der Waals surface area contributed by atoms with E-state index < -0.39 is 5.97 Å². The monoisotopic (exact) mass is 395 g/mol. The van der Waals surface area contributed by atoms with Gasteiger partial charge in [0.15, 0.2) is 0 Å². The molecule has 0 aliphatic rings. The molecule has 5 nitrogen and oxygen atoms in total. The van der Waals surface area contributed by atoms with E-state index in [1.165, 1.54) is 38.5 Å². The normalized spacial score (nSPS) is 12.8. The zero-order valence-electron chi connectivity index (χ0n) is 18.6. The Morgan fingerprint density at radius 2 is 1.36 bits per heavy atom. The molecule has 1 atom stereocenters.